The van der Waals surface area contributed by atoms with Crippen molar-refractivity contribution >= 4 is 63.5 Å². The number of hydrogen-bond donors (Lipinski definition) is 1. The lowest BCUT2D eigenvalue weighted by atomic mass is 10.2. The number of thioether (sulfide) groups is 1. The van der Waals surface area contributed by atoms with E-state index in [0.29, 0.717) is 26.9 Å². The maximum absolute atomic E-state index is 13.1. The first-order chi connectivity index (χ1) is 16.3. The molecule has 0 unspecified atom stereocenters. The second-order valence-corrected chi connectivity index (χ2v) is 8.83. The van der Waals surface area contributed by atoms with E-state index in [2.05, 4.69) is 10.3 Å². The molecule has 3 aromatic rings. The molecule has 11 heteroatoms. The van der Waals surface area contributed by atoms with Gasteiger partial charge >= 0.3 is 0 Å². The third-order valence-corrected chi connectivity index (χ3v) is 6.00. The molecule has 0 atom stereocenters. The van der Waals surface area contributed by atoms with Gasteiger partial charge in [0, 0.05) is 12.1 Å². The number of nitro benzene ring substituents is 1. The van der Waals surface area contributed by atoms with E-state index < -0.39 is 4.92 Å². The Bertz CT molecular complexity index is 1320. The third-order valence-electron chi connectivity index (χ3n) is 4.53. The van der Waals surface area contributed by atoms with Gasteiger partial charge in [0.1, 0.15) is 12.4 Å². The van der Waals surface area contributed by atoms with Gasteiger partial charge in [0.2, 0.25) is 0 Å². The maximum Gasteiger partial charge on any atom is 0.269 e. The fourth-order valence-corrected chi connectivity index (χ4v) is 4.44. The highest BCUT2D eigenvalue weighted by Crippen LogP contribution is 2.37. The summed E-state index contributed by atoms with van der Waals surface area (Å²) in [6.07, 6.45) is 1.61. The van der Waals surface area contributed by atoms with E-state index in [1.54, 1.807) is 30.3 Å². The average Bonchev–Trinajstić information content (AvgIpc) is 3.13. The van der Waals surface area contributed by atoms with Crippen LogP contribution in [0.1, 0.15) is 11.1 Å². The highest BCUT2D eigenvalue weighted by Gasteiger charge is 2.24. The van der Waals surface area contributed by atoms with E-state index in [0.717, 1.165) is 11.8 Å². The minimum Gasteiger partial charge on any atom is -0.486 e. The fraction of sp³-hybridized carbons (Fsp3) is 0.0435. The molecule has 1 aliphatic rings. The van der Waals surface area contributed by atoms with E-state index in [-0.39, 0.29) is 39.8 Å². The summed E-state index contributed by atoms with van der Waals surface area (Å²) < 4.78 is 18.7. The minimum absolute atomic E-state index is 0.0308. The number of hydrogen-bond acceptors (Lipinski definition) is 6. The largest absolute Gasteiger partial charge is 0.486 e. The quantitative estimate of drug-likeness (QED) is 0.228. The molecule has 1 saturated heterocycles. The van der Waals surface area contributed by atoms with Crippen molar-refractivity contribution in [3.8, 4) is 5.75 Å². The molecule has 0 radical (unpaired) electrons. The molecule has 1 N–H and O–H groups in total. The van der Waals surface area contributed by atoms with Gasteiger partial charge in [0.15, 0.2) is 10.9 Å². The highest BCUT2D eigenvalue weighted by molar-refractivity contribution is 8.18. The lowest BCUT2D eigenvalue weighted by Gasteiger charge is -2.11. The summed E-state index contributed by atoms with van der Waals surface area (Å²) in [6.45, 7) is 0.0308. The number of amides is 1. The summed E-state index contributed by atoms with van der Waals surface area (Å²) >= 11 is 13.8. The van der Waals surface area contributed by atoms with Crippen molar-refractivity contribution < 1.29 is 18.8 Å². The van der Waals surface area contributed by atoms with Crippen LogP contribution in [-0.2, 0) is 11.4 Å². The Morgan fingerprint density at radius 2 is 1.82 bits per heavy atom. The number of non-ortho nitro benzene ring substituents is 1. The number of amidine groups is 1. The molecule has 0 saturated carbocycles. The van der Waals surface area contributed by atoms with Crippen LogP contribution in [-0.4, -0.2) is 16.0 Å². The Labute approximate surface area is 207 Å². The number of benzene rings is 3. The molecule has 34 heavy (non-hydrogen) atoms. The zero-order chi connectivity index (χ0) is 24.2. The molecular weight excluding hydrogens is 504 g/mol. The number of aliphatic imine (C=N–C) groups is 1. The summed E-state index contributed by atoms with van der Waals surface area (Å²) in [7, 11) is 0. The maximum atomic E-state index is 13.1. The smallest absolute Gasteiger partial charge is 0.269 e. The van der Waals surface area contributed by atoms with Crippen molar-refractivity contribution in [3.05, 3.63) is 103 Å². The van der Waals surface area contributed by atoms with Crippen LogP contribution in [0.5, 0.6) is 5.75 Å². The van der Waals surface area contributed by atoms with E-state index in [1.807, 2.05) is 0 Å². The molecule has 1 amide bonds. The summed E-state index contributed by atoms with van der Waals surface area (Å²) in [5.74, 6) is -0.498. The molecule has 3 aromatic carbocycles. The predicted octanol–water partition coefficient (Wildman–Crippen LogP) is 6.51. The lowest BCUT2D eigenvalue weighted by molar-refractivity contribution is -0.384. The van der Waals surface area contributed by atoms with Crippen LogP contribution < -0.4 is 10.1 Å². The topological polar surface area (TPSA) is 93.8 Å². The average molecular weight is 518 g/mol. The van der Waals surface area contributed by atoms with E-state index >= 15 is 0 Å². The number of nitrogens with zero attached hydrogens (tertiary/aromatic N) is 2. The van der Waals surface area contributed by atoms with Gasteiger partial charge in [0.05, 0.1) is 25.6 Å². The van der Waals surface area contributed by atoms with Gasteiger partial charge in [-0.25, -0.2) is 9.38 Å². The SMILES string of the molecule is O=C1NC(=Nc2ccc(F)cc2)S/C1=C/c1cc(Cl)c(OCc2cccc([N+](=O)[O-])c2)c(Cl)c1. The first-order valence-corrected chi connectivity index (χ1v) is 11.3. The number of carbonyl (C=O) groups is 1. The Hall–Kier alpha value is -3.40. The number of carbonyl (C=O) groups excluding carboxylic acids is 1. The molecule has 0 aromatic heterocycles. The zero-order valence-electron chi connectivity index (χ0n) is 17.1. The molecule has 0 aliphatic carbocycles. The fourth-order valence-electron chi connectivity index (χ4n) is 2.98. The normalized spacial score (nSPS) is 15.6. The molecule has 7 nitrogen and oxygen atoms in total. The van der Waals surface area contributed by atoms with Gasteiger partial charge in [-0.15, -0.1) is 0 Å². The van der Waals surface area contributed by atoms with E-state index in [1.165, 1.54) is 36.4 Å². The summed E-state index contributed by atoms with van der Waals surface area (Å²) in [4.78, 5) is 27.4. The van der Waals surface area contributed by atoms with Crippen molar-refractivity contribution in [3.63, 3.8) is 0 Å². The van der Waals surface area contributed by atoms with Crippen molar-refractivity contribution in [1.29, 1.82) is 0 Å². The summed E-state index contributed by atoms with van der Waals surface area (Å²) in [5, 5.41) is 14.4. The van der Waals surface area contributed by atoms with Crippen LogP contribution in [0, 0.1) is 15.9 Å². The second-order valence-electron chi connectivity index (χ2n) is 6.99. The molecule has 172 valence electrons. The van der Waals surface area contributed by atoms with Gasteiger partial charge in [-0.3, -0.25) is 14.9 Å². The Kier molecular flexibility index (Phi) is 7.16. The minimum atomic E-state index is -0.487. The Balaban J connectivity index is 1.49. The van der Waals surface area contributed by atoms with E-state index in [4.69, 9.17) is 27.9 Å². The molecular formula is C23H14Cl2FN3O4S. The van der Waals surface area contributed by atoms with Crippen LogP contribution in [0.25, 0.3) is 6.08 Å². The molecule has 0 bridgehead atoms. The van der Waals surface area contributed by atoms with Crippen LogP contribution in [0.2, 0.25) is 10.0 Å². The van der Waals surface area contributed by atoms with E-state index in [9.17, 15) is 19.3 Å². The monoisotopic (exact) mass is 517 g/mol. The van der Waals surface area contributed by atoms with Crippen LogP contribution in [0.4, 0.5) is 15.8 Å². The Morgan fingerprint density at radius 1 is 1.12 bits per heavy atom. The predicted molar refractivity (Wildman–Crippen MR) is 131 cm³/mol. The Morgan fingerprint density at radius 3 is 2.50 bits per heavy atom. The lowest BCUT2D eigenvalue weighted by Crippen LogP contribution is -2.19. The number of rotatable bonds is 6. The van der Waals surface area contributed by atoms with Crippen LogP contribution >= 0.6 is 35.0 Å². The zero-order valence-corrected chi connectivity index (χ0v) is 19.5. The summed E-state index contributed by atoms with van der Waals surface area (Å²) in [6, 6.07) is 14.8. The van der Waals surface area contributed by atoms with Crippen molar-refractivity contribution in [2.75, 3.05) is 0 Å². The van der Waals surface area contributed by atoms with Gasteiger partial charge in [-0.1, -0.05) is 35.3 Å². The first kappa shape index (κ1) is 23.7. The van der Waals surface area contributed by atoms with Crippen molar-refractivity contribution in [1.82, 2.24) is 5.32 Å². The molecule has 4 rings (SSSR count). The number of nitro groups is 1. The first-order valence-electron chi connectivity index (χ1n) is 9.69. The highest BCUT2D eigenvalue weighted by atomic mass is 35.5. The number of nitrogens with one attached hydrogen (secondary N) is 1. The molecule has 1 fully saturated rings. The van der Waals surface area contributed by atoms with Gasteiger partial charge in [-0.2, -0.15) is 0 Å². The number of ether oxygens (including phenoxy) is 1. The van der Waals surface area contributed by atoms with Crippen molar-refractivity contribution in [2.24, 2.45) is 4.99 Å². The van der Waals surface area contributed by atoms with Gasteiger partial charge in [0.25, 0.3) is 11.6 Å². The second kappa shape index (κ2) is 10.3. The summed E-state index contributed by atoms with van der Waals surface area (Å²) in [5.41, 5.74) is 1.61. The van der Waals surface area contributed by atoms with Gasteiger partial charge in [-0.05, 0) is 65.4 Å². The van der Waals surface area contributed by atoms with Crippen LogP contribution in [0.3, 0.4) is 0 Å². The molecule has 1 aliphatic heterocycles. The molecule has 1 heterocycles. The van der Waals surface area contributed by atoms with Crippen molar-refractivity contribution in [2.45, 2.75) is 6.61 Å². The standard InChI is InChI=1S/C23H14Cl2FN3O4S/c24-18-9-14(10-19(25)21(18)33-12-13-2-1-3-17(8-13)29(31)32)11-20-22(30)28-23(34-20)27-16-6-4-15(26)5-7-16/h1-11H,12H2,(H,27,28,30)/b20-11+. The number of halogens is 3. The van der Waals surface area contributed by atoms with Crippen LogP contribution in [0.15, 0.2) is 70.6 Å². The molecule has 0 spiro atoms. The third kappa shape index (κ3) is 5.74. The van der Waals surface area contributed by atoms with Gasteiger partial charge < -0.3 is 10.1 Å².